The normalized spacial score (nSPS) is 24.1. The van der Waals surface area contributed by atoms with Crippen LogP contribution in [0.5, 0.6) is 5.75 Å². The van der Waals surface area contributed by atoms with Crippen LogP contribution in [0.1, 0.15) is 31.1 Å². The van der Waals surface area contributed by atoms with Crippen LogP contribution >= 0.6 is 0 Å². The lowest BCUT2D eigenvalue weighted by atomic mass is 10.1. The summed E-state index contributed by atoms with van der Waals surface area (Å²) in [5, 5.41) is 0. The number of hydrogen-bond donors (Lipinski definition) is 0. The van der Waals surface area contributed by atoms with Crippen molar-refractivity contribution in [2.45, 2.75) is 37.8 Å². The Balaban J connectivity index is 2.00. The fraction of sp³-hybridized carbons (Fsp3) is 0.474. The standard InChI is InChI=1S/C19H26O4/c1-4-6-7-8-17-18(21-13-5-2)14-22-19(23-17)15-9-11-16(20-3)12-10-15/h4-5,9-12,17-19H,1-2,6-8,13-14H2,3H3/t17-,18+,19+/m0/s1. The molecule has 0 amide bonds. The fourth-order valence-electron chi connectivity index (χ4n) is 2.58. The highest BCUT2D eigenvalue weighted by Gasteiger charge is 2.32. The van der Waals surface area contributed by atoms with Gasteiger partial charge in [-0.15, -0.1) is 13.2 Å². The highest BCUT2D eigenvalue weighted by atomic mass is 16.7. The van der Waals surface area contributed by atoms with Gasteiger partial charge in [-0.1, -0.05) is 24.3 Å². The Kier molecular flexibility index (Phi) is 7.33. The van der Waals surface area contributed by atoms with Crippen molar-refractivity contribution in [1.82, 2.24) is 0 Å². The van der Waals surface area contributed by atoms with E-state index in [9.17, 15) is 0 Å². The predicted molar refractivity (Wildman–Crippen MR) is 90.5 cm³/mol. The van der Waals surface area contributed by atoms with E-state index in [1.165, 1.54) is 0 Å². The van der Waals surface area contributed by atoms with Crippen LogP contribution in [0.3, 0.4) is 0 Å². The van der Waals surface area contributed by atoms with Crippen molar-refractivity contribution in [2.75, 3.05) is 20.3 Å². The van der Waals surface area contributed by atoms with Gasteiger partial charge in [0.05, 0.1) is 26.4 Å². The molecular weight excluding hydrogens is 292 g/mol. The van der Waals surface area contributed by atoms with Crippen molar-refractivity contribution >= 4 is 0 Å². The van der Waals surface area contributed by atoms with Crippen molar-refractivity contribution in [1.29, 1.82) is 0 Å². The Morgan fingerprint density at radius 3 is 2.65 bits per heavy atom. The van der Waals surface area contributed by atoms with Crippen molar-refractivity contribution in [2.24, 2.45) is 0 Å². The van der Waals surface area contributed by atoms with Crippen LogP contribution in [0.4, 0.5) is 0 Å². The second kappa shape index (κ2) is 9.50. The number of unbranched alkanes of at least 4 members (excludes halogenated alkanes) is 1. The molecule has 0 saturated carbocycles. The summed E-state index contributed by atoms with van der Waals surface area (Å²) in [6, 6.07) is 7.76. The van der Waals surface area contributed by atoms with Gasteiger partial charge in [0.1, 0.15) is 11.9 Å². The number of ether oxygens (including phenoxy) is 4. The van der Waals surface area contributed by atoms with Crippen LogP contribution in [0, 0.1) is 0 Å². The lowest BCUT2D eigenvalue weighted by Gasteiger charge is -2.36. The molecule has 23 heavy (non-hydrogen) atoms. The molecule has 0 bridgehead atoms. The average Bonchev–Trinajstić information content (AvgIpc) is 2.61. The molecule has 1 aliphatic rings. The van der Waals surface area contributed by atoms with Gasteiger partial charge in [-0.05, 0) is 31.4 Å². The molecule has 1 heterocycles. The van der Waals surface area contributed by atoms with Crippen LogP contribution in [0.25, 0.3) is 0 Å². The Morgan fingerprint density at radius 1 is 1.22 bits per heavy atom. The van der Waals surface area contributed by atoms with Gasteiger partial charge >= 0.3 is 0 Å². The van der Waals surface area contributed by atoms with E-state index < -0.39 is 0 Å². The summed E-state index contributed by atoms with van der Waals surface area (Å²) in [6.45, 7) is 8.48. The highest BCUT2D eigenvalue weighted by molar-refractivity contribution is 5.28. The van der Waals surface area contributed by atoms with Crippen LogP contribution in [0.15, 0.2) is 49.6 Å². The van der Waals surface area contributed by atoms with Crippen molar-refractivity contribution < 1.29 is 18.9 Å². The molecule has 4 nitrogen and oxygen atoms in total. The Labute approximate surface area is 138 Å². The summed E-state index contributed by atoms with van der Waals surface area (Å²) in [6.07, 6.45) is 6.18. The topological polar surface area (TPSA) is 36.9 Å². The van der Waals surface area contributed by atoms with Crippen LogP contribution in [-0.2, 0) is 14.2 Å². The number of hydrogen-bond acceptors (Lipinski definition) is 4. The van der Waals surface area contributed by atoms with Gasteiger partial charge in [-0.3, -0.25) is 0 Å². The van der Waals surface area contributed by atoms with Gasteiger partial charge < -0.3 is 18.9 Å². The fourth-order valence-corrected chi connectivity index (χ4v) is 2.58. The van der Waals surface area contributed by atoms with Crippen LogP contribution < -0.4 is 4.74 Å². The zero-order chi connectivity index (χ0) is 16.5. The first-order valence-corrected chi connectivity index (χ1v) is 8.03. The minimum Gasteiger partial charge on any atom is -0.497 e. The molecule has 0 aliphatic carbocycles. The second-order valence-corrected chi connectivity index (χ2v) is 5.49. The largest absolute Gasteiger partial charge is 0.497 e. The third kappa shape index (κ3) is 5.20. The molecule has 3 atom stereocenters. The van der Waals surface area contributed by atoms with E-state index in [0.29, 0.717) is 13.2 Å². The molecule has 1 aromatic rings. The lowest BCUT2D eigenvalue weighted by molar-refractivity contribution is -0.265. The van der Waals surface area contributed by atoms with Crippen LogP contribution in [0.2, 0.25) is 0 Å². The molecule has 0 radical (unpaired) electrons. The molecule has 126 valence electrons. The summed E-state index contributed by atoms with van der Waals surface area (Å²) < 4.78 is 23.0. The SMILES string of the molecule is C=CCCC[C@@H]1O[C@H](c2ccc(OC)cc2)OC[C@H]1OCC=C. The monoisotopic (exact) mass is 318 g/mol. The Bertz CT molecular complexity index is 483. The van der Waals surface area contributed by atoms with E-state index >= 15 is 0 Å². The minimum atomic E-state index is -0.363. The van der Waals surface area contributed by atoms with E-state index in [1.54, 1.807) is 13.2 Å². The van der Waals surface area contributed by atoms with Crippen molar-refractivity contribution in [3.8, 4) is 5.75 Å². The summed E-state index contributed by atoms with van der Waals surface area (Å²) in [7, 11) is 1.65. The molecular formula is C19H26O4. The molecule has 4 heteroatoms. The summed E-state index contributed by atoms with van der Waals surface area (Å²) in [4.78, 5) is 0. The molecule has 1 aromatic carbocycles. The number of allylic oxidation sites excluding steroid dienone is 1. The third-order valence-electron chi connectivity index (χ3n) is 3.84. The highest BCUT2D eigenvalue weighted by Crippen LogP contribution is 2.30. The van der Waals surface area contributed by atoms with E-state index in [4.69, 9.17) is 18.9 Å². The molecule has 0 spiro atoms. The van der Waals surface area contributed by atoms with Gasteiger partial charge in [0, 0.05) is 5.56 Å². The summed E-state index contributed by atoms with van der Waals surface area (Å²) in [5.74, 6) is 0.819. The van der Waals surface area contributed by atoms with Gasteiger partial charge in [0.2, 0.25) is 0 Å². The first-order chi connectivity index (χ1) is 11.3. The molecule has 1 fully saturated rings. The van der Waals surface area contributed by atoms with Gasteiger partial charge in [0.15, 0.2) is 6.29 Å². The Hall–Kier alpha value is -1.62. The Morgan fingerprint density at radius 2 is 2.00 bits per heavy atom. The maximum absolute atomic E-state index is 6.15. The number of benzene rings is 1. The number of rotatable bonds is 9. The third-order valence-corrected chi connectivity index (χ3v) is 3.84. The van der Waals surface area contributed by atoms with E-state index in [1.807, 2.05) is 30.3 Å². The zero-order valence-electron chi connectivity index (χ0n) is 13.8. The summed E-state index contributed by atoms with van der Waals surface area (Å²) >= 11 is 0. The van der Waals surface area contributed by atoms with Gasteiger partial charge in [-0.25, -0.2) is 0 Å². The second-order valence-electron chi connectivity index (χ2n) is 5.49. The first-order valence-electron chi connectivity index (χ1n) is 8.03. The predicted octanol–water partition coefficient (Wildman–Crippen LogP) is 4.04. The molecule has 2 rings (SSSR count). The molecule has 0 unspecified atom stereocenters. The molecule has 1 saturated heterocycles. The van der Waals surface area contributed by atoms with E-state index in [2.05, 4.69) is 13.2 Å². The summed E-state index contributed by atoms with van der Waals surface area (Å²) in [5.41, 5.74) is 0.988. The molecule has 0 aromatic heterocycles. The van der Waals surface area contributed by atoms with E-state index in [0.717, 1.165) is 30.6 Å². The maximum Gasteiger partial charge on any atom is 0.184 e. The maximum atomic E-state index is 6.15. The number of methoxy groups -OCH3 is 1. The van der Waals surface area contributed by atoms with Crippen LogP contribution in [-0.4, -0.2) is 32.5 Å². The van der Waals surface area contributed by atoms with E-state index in [-0.39, 0.29) is 18.5 Å². The van der Waals surface area contributed by atoms with Crippen molar-refractivity contribution in [3.05, 3.63) is 55.1 Å². The molecule has 0 N–H and O–H groups in total. The van der Waals surface area contributed by atoms with Gasteiger partial charge in [0.25, 0.3) is 0 Å². The quantitative estimate of drug-likeness (QED) is 0.509. The first kappa shape index (κ1) is 17.7. The minimum absolute atomic E-state index is 0.00996. The van der Waals surface area contributed by atoms with Gasteiger partial charge in [-0.2, -0.15) is 0 Å². The van der Waals surface area contributed by atoms with Crippen molar-refractivity contribution in [3.63, 3.8) is 0 Å². The lowest BCUT2D eigenvalue weighted by Crippen LogP contribution is -2.42. The zero-order valence-corrected chi connectivity index (χ0v) is 13.8. The smallest absolute Gasteiger partial charge is 0.184 e. The molecule has 1 aliphatic heterocycles. The average molecular weight is 318 g/mol.